The van der Waals surface area contributed by atoms with Crippen molar-refractivity contribution in [3.8, 4) is 11.8 Å². The summed E-state index contributed by atoms with van der Waals surface area (Å²) in [5.74, 6) is 3.97. The van der Waals surface area contributed by atoms with E-state index in [2.05, 4.69) is 11.8 Å². The van der Waals surface area contributed by atoms with Gasteiger partial charge in [0.2, 0.25) is 5.60 Å². The van der Waals surface area contributed by atoms with Crippen LogP contribution >= 0.6 is 0 Å². The molecule has 1 aliphatic heterocycles. The second-order valence-electron chi connectivity index (χ2n) is 5.39. The summed E-state index contributed by atoms with van der Waals surface area (Å²) in [7, 11) is 1.48. The topological polar surface area (TPSA) is 40.5 Å². The van der Waals surface area contributed by atoms with Crippen LogP contribution in [0.25, 0.3) is 0 Å². The van der Waals surface area contributed by atoms with Gasteiger partial charge >= 0.3 is 6.18 Å². The van der Waals surface area contributed by atoms with Gasteiger partial charge in [-0.2, -0.15) is 13.2 Å². The highest BCUT2D eigenvalue weighted by Gasteiger charge is 2.47. The lowest BCUT2D eigenvalue weighted by Gasteiger charge is -2.15. The molecule has 0 aliphatic carbocycles. The van der Waals surface area contributed by atoms with Crippen LogP contribution < -0.4 is 4.90 Å². The Kier molecular flexibility index (Phi) is 3.61. The van der Waals surface area contributed by atoms with Gasteiger partial charge < -0.3 is 10.0 Å². The summed E-state index contributed by atoms with van der Waals surface area (Å²) in [6, 6.07) is 11.3. The molecule has 3 nitrogen and oxygen atoms in total. The Labute approximate surface area is 136 Å². The molecule has 1 atom stereocenters. The number of carbonyl (C=O) groups excluding carboxylic acids is 1. The molecule has 122 valence electrons. The van der Waals surface area contributed by atoms with E-state index < -0.39 is 23.2 Å². The number of aliphatic hydroxyl groups is 1. The highest BCUT2D eigenvalue weighted by Crippen LogP contribution is 2.39. The van der Waals surface area contributed by atoms with Gasteiger partial charge in [-0.15, -0.1) is 0 Å². The average molecular weight is 331 g/mol. The van der Waals surface area contributed by atoms with Crippen molar-refractivity contribution in [2.45, 2.75) is 11.8 Å². The maximum Gasteiger partial charge on any atom is 0.417 e. The van der Waals surface area contributed by atoms with Gasteiger partial charge in [-0.05, 0) is 24.1 Å². The molecule has 0 radical (unpaired) electrons. The molecule has 0 spiro atoms. The van der Waals surface area contributed by atoms with Crippen molar-refractivity contribution < 1.29 is 23.1 Å². The van der Waals surface area contributed by atoms with E-state index in [0.29, 0.717) is 5.69 Å². The zero-order valence-corrected chi connectivity index (χ0v) is 12.6. The normalized spacial score (nSPS) is 19.7. The Hall–Kier alpha value is -2.78. The van der Waals surface area contributed by atoms with Crippen molar-refractivity contribution in [3.63, 3.8) is 0 Å². The van der Waals surface area contributed by atoms with Gasteiger partial charge in [0.05, 0.1) is 11.3 Å². The number of halogens is 3. The van der Waals surface area contributed by atoms with Crippen molar-refractivity contribution in [2.75, 3.05) is 11.9 Å². The van der Waals surface area contributed by atoms with Crippen LogP contribution in [-0.4, -0.2) is 18.1 Å². The molecule has 2 aromatic rings. The van der Waals surface area contributed by atoms with E-state index in [9.17, 15) is 23.1 Å². The summed E-state index contributed by atoms with van der Waals surface area (Å²) in [4.78, 5) is 13.6. The smallest absolute Gasteiger partial charge is 0.366 e. The lowest BCUT2D eigenvalue weighted by atomic mass is 9.95. The molecule has 0 bridgehead atoms. The van der Waals surface area contributed by atoms with E-state index >= 15 is 0 Å². The molecule has 0 fully saturated rings. The summed E-state index contributed by atoms with van der Waals surface area (Å²) < 4.78 is 39.1. The summed E-state index contributed by atoms with van der Waals surface area (Å²) in [6.07, 6.45) is -4.57. The Bertz CT molecular complexity index is 880. The first-order chi connectivity index (χ1) is 11.2. The van der Waals surface area contributed by atoms with Crippen molar-refractivity contribution in [3.05, 3.63) is 65.2 Å². The lowest BCUT2D eigenvalue weighted by molar-refractivity contribution is -0.137. The number of nitrogens with zero attached hydrogens (tertiary/aromatic N) is 1. The molecule has 1 N–H and O–H groups in total. The first-order valence-electron chi connectivity index (χ1n) is 7.04. The first-order valence-corrected chi connectivity index (χ1v) is 7.04. The molecule has 1 aliphatic rings. The van der Waals surface area contributed by atoms with Gasteiger partial charge in [-0.25, -0.2) is 0 Å². The van der Waals surface area contributed by atoms with E-state index in [1.807, 2.05) is 0 Å². The van der Waals surface area contributed by atoms with Crippen LogP contribution in [0.1, 0.15) is 16.7 Å². The van der Waals surface area contributed by atoms with Gasteiger partial charge in [0.1, 0.15) is 0 Å². The van der Waals surface area contributed by atoms with Gasteiger partial charge in [0, 0.05) is 18.2 Å². The predicted octanol–water partition coefficient (Wildman–Crippen LogP) is 2.92. The Morgan fingerprint density at radius 2 is 1.71 bits per heavy atom. The van der Waals surface area contributed by atoms with E-state index in [1.165, 1.54) is 36.2 Å². The fourth-order valence-corrected chi connectivity index (χ4v) is 2.66. The largest absolute Gasteiger partial charge is 0.417 e. The molecule has 6 heteroatoms. The lowest BCUT2D eigenvalue weighted by Crippen LogP contribution is -2.37. The van der Waals surface area contributed by atoms with E-state index in [0.717, 1.165) is 6.07 Å². The molecule has 1 unspecified atom stereocenters. The van der Waals surface area contributed by atoms with E-state index in [4.69, 9.17) is 0 Å². The van der Waals surface area contributed by atoms with Gasteiger partial charge in [0.15, 0.2) is 0 Å². The van der Waals surface area contributed by atoms with Crippen LogP contribution in [0.15, 0.2) is 48.5 Å². The molecule has 1 amide bonds. The second-order valence-corrected chi connectivity index (χ2v) is 5.39. The standard InChI is InChI=1S/C18H12F3NO2/c1-22-15-9-5-4-8-14(15)17(24,16(22)23)11-10-12-6-2-3-7-13(12)18(19,20)21/h2-9,24H,1H3. The molecule has 2 aromatic carbocycles. The average Bonchev–Trinajstić information content (AvgIpc) is 2.75. The van der Waals surface area contributed by atoms with Crippen LogP contribution in [0.4, 0.5) is 18.9 Å². The molecule has 0 aromatic heterocycles. The quantitative estimate of drug-likeness (QED) is 0.754. The van der Waals surface area contributed by atoms with Gasteiger partial charge in [-0.1, -0.05) is 36.3 Å². The number of anilines is 1. The third-order valence-electron chi connectivity index (χ3n) is 3.88. The Balaban J connectivity index is 2.11. The molecular weight excluding hydrogens is 319 g/mol. The molecule has 0 saturated heterocycles. The van der Waals surface area contributed by atoms with Gasteiger partial charge in [0.25, 0.3) is 5.91 Å². The summed E-state index contributed by atoms with van der Waals surface area (Å²) in [6.45, 7) is 0. The zero-order valence-electron chi connectivity index (χ0n) is 12.6. The predicted molar refractivity (Wildman–Crippen MR) is 82.1 cm³/mol. The minimum Gasteiger partial charge on any atom is -0.366 e. The maximum atomic E-state index is 13.0. The van der Waals surface area contributed by atoms with E-state index in [1.54, 1.807) is 18.2 Å². The summed E-state index contributed by atoms with van der Waals surface area (Å²) in [5.41, 5.74) is -2.63. The number of alkyl halides is 3. The zero-order chi connectivity index (χ0) is 17.5. The third-order valence-corrected chi connectivity index (χ3v) is 3.88. The van der Waals surface area contributed by atoms with Crippen LogP contribution in [0.2, 0.25) is 0 Å². The number of hydrogen-bond acceptors (Lipinski definition) is 2. The molecular formula is C18H12F3NO2. The number of hydrogen-bond donors (Lipinski definition) is 1. The number of likely N-dealkylation sites (N-methyl/N-ethyl adjacent to an activating group) is 1. The molecule has 3 rings (SSSR count). The van der Waals surface area contributed by atoms with Gasteiger partial charge in [-0.3, -0.25) is 4.79 Å². The summed E-state index contributed by atoms with van der Waals surface area (Å²) in [5, 5.41) is 10.7. The van der Waals surface area contributed by atoms with Crippen LogP contribution in [0.3, 0.4) is 0 Å². The van der Waals surface area contributed by atoms with E-state index in [-0.39, 0.29) is 11.1 Å². The van der Waals surface area contributed by atoms with Crippen LogP contribution in [0, 0.1) is 11.8 Å². The second kappa shape index (κ2) is 5.39. The number of para-hydroxylation sites is 1. The fraction of sp³-hybridized carbons (Fsp3) is 0.167. The minimum absolute atomic E-state index is 0.259. The number of fused-ring (bicyclic) bond motifs is 1. The van der Waals surface area contributed by atoms with Crippen molar-refractivity contribution >= 4 is 11.6 Å². The highest BCUT2D eigenvalue weighted by molar-refractivity contribution is 6.08. The highest BCUT2D eigenvalue weighted by atomic mass is 19.4. The summed E-state index contributed by atoms with van der Waals surface area (Å²) >= 11 is 0. The molecule has 0 saturated carbocycles. The number of carbonyl (C=O) groups is 1. The minimum atomic E-state index is -4.57. The molecule has 24 heavy (non-hydrogen) atoms. The third kappa shape index (κ3) is 2.43. The van der Waals surface area contributed by atoms with Crippen LogP contribution in [-0.2, 0) is 16.6 Å². The number of benzene rings is 2. The number of amides is 1. The fourth-order valence-electron chi connectivity index (χ4n) is 2.66. The monoisotopic (exact) mass is 331 g/mol. The van der Waals surface area contributed by atoms with Crippen molar-refractivity contribution in [1.82, 2.24) is 0 Å². The first kappa shape index (κ1) is 16.1. The van der Waals surface area contributed by atoms with Crippen molar-refractivity contribution in [1.29, 1.82) is 0 Å². The Morgan fingerprint density at radius 3 is 2.42 bits per heavy atom. The van der Waals surface area contributed by atoms with Crippen molar-refractivity contribution in [2.24, 2.45) is 0 Å². The number of rotatable bonds is 0. The van der Waals surface area contributed by atoms with Crippen LogP contribution in [0.5, 0.6) is 0 Å². The molecule has 1 heterocycles. The maximum absolute atomic E-state index is 13.0. The Morgan fingerprint density at radius 1 is 1.08 bits per heavy atom. The SMILES string of the molecule is CN1C(=O)C(O)(C#Cc2ccccc2C(F)(F)F)c2ccccc21.